The van der Waals surface area contributed by atoms with Gasteiger partial charge in [0.25, 0.3) is 0 Å². The van der Waals surface area contributed by atoms with Crippen molar-refractivity contribution in [3.8, 4) is 0 Å². The molecular weight excluding hydrogens is 256 g/mol. The van der Waals surface area contributed by atoms with Crippen molar-refractivity contribution in [1.29, 1.82) is 0 Å². The molecule has 0 bridgehead atoms. The summed E-state index contributed by atoms with van der Waals surface area (Å²) in [4.78, 5) is 0. The molecule has 0 aromatic heterocycles. The van der Waals surface area contributed by atoms with Gasteiger partial charge in [-0.3, -0.25) is 0 Å². The molecule has 1 spiro atoms. The van der Waals surface area contributed by atoms with E-state index in [0.717, 1.165) is 37.5 Å². The average molecular weight is 284 g/mol. The first kappa shape index (κ1) is 14.2. The number of ether oxygens (including phenoxy) is 1. The summed E-state index contributed by atoms with van der Waals surface area (Å²) in [6, 6.07) is 0. The summed E-state index contributed by atoms with van der Waals surface area (Å²) >= 11 is 2.02. The van der Waals surface area contributed by atoms with Crippen molar-refractivity contribution in [3.05, 3.63) is 0 Å². The maximum absolute atomic E-state index is 10.5. The number of hydrogen-bond donors (Lipinski definition) is 1. The van der Waals surface area contributed by atoms with Gasteiger partial charge >= 0.3 is 0 Å². The zero-order valence-electron chi connectivity index (χ0n) is 12.0. The van der Waals surface area contributed by atoms with Gasteiger partial charge in [-0.1, -0.05) is 25.7 Å². The van der Waals surface area contributed by atoms with Gasteiger partial charge < -0.3 is 9.84 Å². The second-order valence-electron chi connectivity index (χ2n) is 6.88. The van der Waals surface area contributed by atoms with Crippen molar-refractivity contribution in [3.63, 3.8) is 0 Å². The lowest BCUT2D eigenvalue weighted by atomic mass is 9.80. The summed E-state index contributed by atoms with van der Waals surface area (Å²) in [5, 5.41) is 10.5. The van der Waals surface area contributed by atoms with E-state index in [4.69, 9.17) is 4.74 Å². The van der Waals surface area contributed by atoms with Crippen LogP contribution in [0.3, 0.4) is 0 Å². The van der Waals surface area contributed by atoms with Crippen molar-refractivity contribution in [2.45, 2.75) is 69.5 Å². The fourth-order valence-corrected chi connectivity index (χ4v) is 5.58. The first-order chi connectivity index (χ1) is 9.27. The van der Waals surface area contributed by atoms with E-state index in [1.165, 1.54) is 44.3 Å². The monoisotopic (exact) mass is 284 g/mol. The molecule has 0 aromatic rings. The Morgan fingerprint density at radius 2 is 2.11 bits per heavy atom. The molecular formula is C16H28O2S. The van der Waals surface area contributed by atoms with E-state index in [1.807, 2.05) is 11.8 Å². The molecule has 3 fully saturated rings. The van der Waals surface area contributed by atoms with Gasteiger partial charge in [0.15, 0.2) is 0 Å². The van der Waals surface area contributed by atoms with Crippen LogP contribution < -0.4 is 0 Å². The lowest BCUT2D eigenvalue weighted by molar-refractivity contribution is -0.102. The fraction of sp³-hybridized carbons (Fsp3) is 1.00. The quantitative estimate of drug-likeness (QED) is 0.855. The SMILES string of the molecule is OC(CCC1CCCC1)C1CCOC2(CCSC2)C1. The molecule has 1 saturated carbocycles. The van der Waals surface area contributed by atoms with Crippen LogP contribution in [0.4, 0.5) is 0 Å². The van der Waals surface area contributed by atoms with E-state index in [0.29, 0.717) is 5.92 Å². The Labute approximate surface area is 121 Å². The van der Waals surface area contributed by atoms with E-state index in [1.54, 1.807) is 0 Å². The van der Waals surface area contributed by atoms with Crippen molar-refractivity contribution in [2.24, 2.45) is 11.8 Å². The predicted octanol–water partition coefficient (Wildman–Crippen LogP) is 3.62. The second-order valence-corrected chi connectivity index (χ2v) is 7.99. The maximum Gasteiger partial charge on any atom is 0.0783 e. The van der Waals surface area contributed by atoms with E-state index >= 15 is 0 Å². The molecule has 3 aliphatic rings. The first-order valence-electron chi connectivity index (χ1n) is 8.17. The van der Waals surface area contributed by atoms with Gasteiger partial charge in [0, 0.05) is 12.4 Å². The molecule has 110 valence electrons. The summed E-state index contributed by atoms with van der Waals surface area (Å²) in [5.74, 6) is 3.79. The van der Waals surface area contributed by atoms with Crippen molar-refractivity contribution in [2.75, 3.05) is 18.1 Å². The molecule has 0 aromatic carbocycles. The molecule has 1 aliphatic carbocycles. The van der Waals surface area contributed by atoms with Gasteiger partial charge in [0.2, 0.25) is 0 Å². The number of hydrogen-bond acceptors (Lipinski definition) is 3. The highest BCUT2D eigenvalue weighted by molar-refractivity contribution is 7.99. The number of aliphatic hydroxyl groups excluding tert-OH is 1. The topological polar surface area (TPSA) is 29.5 Å². The Balaban J connectivity index is 1.47. The van der Waals surface area contributed by atoms with Crippen LogP contribution in [0.15, 0.2) is 0 Å². The third-order valence-corrected chi connectivity index (χ3v) is 6.71. The van der Waals surface area contributed by atoms with Crippen LogP contribution in [-0.2, 0) is 4.74 Å². The second kappa shape index (κ2) is 6.36. The van der Waals surface area contributed by atoms with E-state index < -0.39 is 0 Å². The normalized spacial score (nSPS) is 38.1. The Morgan fingerprint density at radius 1 is 1.26 bits per heavy atom. The van der Waals surface area contributed by atoms with Crippen LogP contribution in [0.5, 0.6) is 0 Å². The zero-order chi connectivity index (χ0) is 13.1. The van der Waals surface area contributed by atoms with Crippen molar-refractivity contribution < 1.29 is 9.84 Å². The summed E-state index contributed by atoms with van der Waals surface area (Å²) in [7, 11) is 0. The number of rotatable bonds is 4. The minimum Gasteiger partial charge on any atom is -0.393 e. The Bertz CT molecular complexity index is 282. The number of aliphatic hydroxyl groups is 1. The lowest BCUT2D eigenvalue weighted by Gasteiger charge is -2.39. The van der Waals surface area contributed by atoms with E-state index in [9.17, 15) is 5.11 Å². The minimum atomic E-state index is -0.0769. The molecule has 3 heteroatoms. The first-order valence-corrected chi connectivity index (χ1v) is 9.33. The van der Waals surface area contributed by atoms with Gasteiger partial charge in [-0.15, -0.1) is 0 Å². The lowest BCUT2D eigenvalue weighted by Crippen LogP contribution is -2.43. The Hall–Kier alpha value is 0.270. The van der Waals surface area contributed by atoms with Gasteiger partial charge in [0.1, 0.15) is 0 Å². The summed E-state index contributed by atoms with van der Waals surface area (Å²) in [6.45, 7) is 0.867. The minimum absolute atomic E-state index is 0.0769. The maximum atomic E-state index is 10.5. The van der Waals surface area contributed by atoms with Crippen LogP contribution in [0.2, 0.25) is 0 Å². The van der Waals surface area contributed by atoms with Gasteiger partial charge in [-0.2, -0.15) is 11.8 Å². The average Bonchev–Trinajstić information content (AvgIpc) is 3.08. The van der Waals surface area contributed by atoms with Crippen LogP contribution in [0, 0.1) is 11.8 Å². The van der Waals surface area contributed by atoms with Gasteiger partial charge in [0.05, 0.1) is 11.7 Å². The molecule has 2 nitrogen and oxygen atoms in total. The zero-order valence-corrected chi connectivity index (χ0v) is 12.8. The summed E-state index contributed by atoms with van der Waals surface area (Å²) < 4.78 is 6.05. The molecule has 3 rings (SSSR count). The van der Waals surface area contributed by atoms with E-state index in [-0.39, 0.29) is 11.7 Å². The van der Waals surface area contributed by atoms with Crippen LogP contribution >= 0.6 is 11.8 Å². The molecule has 0 amide bonds. The standard InChI is InChI=1S/C16H28O2S/c17-15(6-5-13-3-1-2-4-13)14-7-9-18-16(11-14)8-10-19-12-16/h13-15,17H,1-12H2. The molecule has 3 unspecified atom stereocenters. The van der Waals surface area contributed by atoms with Crippen molar-refractivity contribution >= 4 is 11.8 Å². The molecule has 19 heavy (non-hydrogen) atoms. The predicted molar refractivity (Wildman–Crippen MR) is 80.5 cm³/mol. The van der Waals surface area contributed by atoms with Crippen LogP contribution in [0.25, 0.3) is 0 Å². The van der Waals surface area contributed by atoms with Gasteiger partial charge in [-0.05, 0) is 49.7 Å². The summed E-state index contributed by atoms with van der Waals surface area (Å²) in [6.07, 6.45) is 11.2. The van der Waals surface area contributed by atoms with Crippen LogP contribution in [0.1, 0.15) is 57.8 Å². The molecule has 0 radical (unpaired) electrons. The van der Waals surface area contributed by atoms with Crippen LogP contribution in [-0.4, -0.2) is 34.9 Å². The Morgan fingerprint density at radius 3 is 2.84 bits per heavy atom. The fourth-order valence-electron chi connectivity index (χ4n) is 4.20. The highest BCUT2D eigenvalue weighted by atomic mass is 32.2. The third kappa shape index (κ3) is 3.48. The molecule has 2 saturated heterocycles. The van der Waals surface area contributed by atoms with Crippen molar-refractivity contribution in [1.82, 2.24) is 0 Å². The van der Waals surface area contributed by atoms with E-state index in [2.05, 4.69) is 0 Å². The Kier molecular flexibility index (Phi) is 4.76. The number of thioether (sulfide) groups is 1. The smallest absolute Gasteiger partial charge is 0.0783 e. The largest absolute Gasteiger partial charge is 0.393 e. The molecule has 2 heterocycles. The third-order valence-electron chi connectivity index (χ3n) is 5.49. The molecule has 3 atom stereocenters. The molecule has 1 N–H and O–H groups in total. The highest BCUT2D eigenvalue weighted by Gasteiger charge is 2.42. The molecule has 2 aliphatic heterocycles. The van der Waals surface area contributed by atoms with Gasteiger partial charge in [-0.25, -0.2) is 0 Å². The highest BCUT2D eigenvalue weighted by Crippen LogP contribution is 2.42. The summed E-state index contributed by atoms with van der Waals surface area (Å²) in [5.41, 5.74) is 0.127.